The van der Waals surface area contributed by atoms with Gasteiger partial charge in [-0.2, -0.15) is 0 Å². The molecule has 248 valence electrons. The first-order valence-electron chi connectivity index (χ1n) is 18.5. The molecule has 13 heteroatoms. The Labute approximate surface area is 291 Å². The van der Waals surface area contributed by atoms with E-state index in [2.05, 4.69) is 42.5 Å². The molecule has 0 amide bonds. The van der Waals surface area contributed by atoms with Crippen LogP contribution in [0.5, 0.6) is 0 Å². The SMILES string of the molecule is O=S(=O)([O-])C1CCCC2C3NC4NC(NC5NC(NC6NC(NC(N3)C21)C1CCCCC61)C1CCCCC51)C1CCCCC41.[Na+]. The van der Waals surface area contributed by atoms with Crippen molar-refractivity contribution in [2.24, 2.45) is 47.3 Å². The van der Waals surface area contributed by atoms with E-state index in [-0.39, 0.29) is 84.6 Å². The first-order valence-corrected chi connectivity index (χ1v) is 19.9. The van der Waals surface area contributed by atoms with E-state index < -0.39 is 15.4 Å². The predicted octanol–water partition coefficient (Wildman–Crippen LogP) is -1.87. The first-order chi connectivity index (χ1) is 21.4. The summed E-state index contributed by atoms with van der Waals surface area (Å²) in [6.07, 6.45) is 18.5. The van der Waals surface area contributed by atoms with Crippen LogP contribution in [0.4, 0.5) is 0 Å². The van der Waals surface area contributed by atoms with E-state index in [1.165, 1.54) is 77.0 Å². The van der Waals surface area contributed by atoms with E-state index in [1.807, 2.05) is 0 Å². The van der Waals surface area contributed by atoms with E-state index >= 15 is 0 Å². The quantitative estimate of drug-likeness (QED) is 0.119. The molecule has 0 aromatic carbocycles. The fourth-order valence-electron chi connectivity index (χ4n) is 12.3. The molecule has 5 saturated heterocycles. The fraction of sp³-hybridized carbons (Fsp3) is 1.00. The molecule has 5 heterocycles. The van der Waals surface area contributed by atoms with Crippen molar-refractivity contribution in [3.05, 3.63) is 0 Å². The van der Waals surface area contributed by atoms with E-state index in [4.69, 9.17) is 0 Å². The number of nitrogens with one attached hydrogen (secondary N) is 8. The molecule has 11 nitrogen and oxygen atoms in total. The number of hydrogen-bond acceptors (Lipinski definition) is 11. The van der Waals surface area contributed by atoms with Gasteiger partial charge < -0.3 is 4.55 Å². The molecule has 5 aliphatic heterocycles. The van der Waals surface area contributed by atoms with Gasteiger partial charge in [-0.25, -0.2) is 8.42 Å². The van der Waals surface area contributed by atoms with Crippen molar-refractivity contribution >= 4 is 10.1 Å². The maximum atomic E-state index is 12.7. The van der Waals surface area contributed by atoms with Crippen LogP contribution in [0.15, 0.2) is 0 Å². The van der Waals surface area contributed by atoms with Crippen LogP contribution in [0.1, 0.15) is 96.3 Å². The van der Waals surface area contributed by atoms with Gasteiger partial charge in [0.25, 0.3) is 0 Å². The Morgan fingerprint density at radius 3 is 0.956 bits per heavy atom. The third kappa shape index (κ3) is 5.85. The molecule has 0 radical (unpaired) electrons. The average molecular weight is 655 g/mol. The molecule has 9 rings (SSSR count). The molecule has 17 atom stereocenters. The van der Waals surface area contributed by atoms with Crippen LogP contribution >= 0.6 is 0 Å². The monoisotopic (exact) mass is 654 g/mol. The average Bonchev–Trinajstić information content (AvgIpc) is 3.76. The van der Waals surface area contributed by atoms with Crippen LogP contribution in [-0.4, -0.2) is 67.5 Å². The molecular formula is C32H55N8NaO3S. The minimum atomic E-state index is -4.41. The zero-order chi connectivity index (χ0) is 29.6. The molecule has 8 N–H and O–H groups in total. The van der Waals surface area contributed by atoms with E-state index in [1.54, 1.807) is 0 Å². The van der Waals surface area contributed by atoms with Gasteiger partial charge in [-0.3, -0.25) is 42.5 Å². The second kappa shape index (κ2) is 13.0. The Hall–Kier alpha value is 0.590. The maximum Gasteiger partial charge on any atom is 1.00 e. The largest absolute Gasteiger partial charge is 1.00 e. The Bertz CT molecular complexity index is 1180. The molecule has 0 aromatic heterocycles. The number of fused-ring (bicyclic) bond motifs is 20. The van der Waals surface area contributed by atoms with Crippen LogP contribution in [-0.2, 0) is 10.1 Å². The zero-order valence-electron chi connectivity index (χ0n) is 27.1. The maximum absolute atomic E-state index is 12.7. The van der Waals surface area contributed by atoms with E-state index in [9.17, 15) is 13.0 Å². The predicted molar refractivity (Wildman–Crippen MR) is 166 cm³/mol. The molecular weight excluding hydrogens is 599 g/mol. The topological polar surface area (TPSA) is 153 Å². The number of rotatable bonds is 1. The van der Waals surface area contributed by atoms with Crippen molar-refractivity contribution < 1.29 is 42.5 Å². The van der Waals surface area contributed by atoms with Crippen molar-refractivity contribution in [1.29, 1.82) is 0 Å². The van der Waals surface area contributed by atoms with Crippen LogP contribution in [0.3, 0.4) is 0 Å². The standard InChI is InChI=1S/C32H56N8O3S.Na/c41-44(42,43)23-15-7-14-22-24(23)32-39-30-21-13-6-5-12-20(21)28(37-30)35-26-17-9-2-1-8-16(17)25(33-26)34-27-18-10-3-4-11-19(18)29(36-27)38-31(22)40-32;/h16-40H,1-15H2,(H,41,42,43);/q;+1/p-1. The van der Waals surface area contributed by atoms with Gasteiger partial charge in [-0.1, -0.05) is 44.9 Å². The summed E-state index contributed by atoms with van der Waals surface area (Å²) in [7, 11) is -4.41. The minimum absolute atomic E-state index is 0. The zero-order valence-corrected chi connectivity index (χ0v) is 29.9. The second-order valence-electron chi connectivity index (χ2n) is 16.2. The Morgan fingerprint density at radius 1 is 0.378 bits per heavy atom. The number of hydrogen-bond donors (Lipinski definition) is 8. The first kappa shape index (κ1) is 32.8. The van der Waals surface area contributed by atoms with Crippen LogP contribution in [0, 0.1) is 47.3 Å². The summed E-state index contributed by atoms with van der Waals surface area (Å²) in [4.78, 5) is 0. The second-order valence-corrected chi connectivity index (χ2v) is 17.8. The minimum Gasteiger partial charge on any atom is -0.748 e. The van der Waals surface area contributed by atoms with Gasteiger partial charge in [-0.15, -0.1) is 0 Å². The third-order valence-electron chi connectivity index (χ3n) is 14.2. The molecule has 0 spiro atoms. The fourth-order valence-corrected chi connectivity index (χ4v) is 13.5. The van der Waals surface area contributed by atoms with Gasteiger partial charge >= 0.3 is 29.6 Å². The van der Waals surface area contributed by atoms with Gasteiger partial charge in [0.1, 0.15) is 0 Å². The summed E-state index contributed by atoms with van der Waals surface area (Å²) < 4.78 is 38.1. The van der Waals surface area contributed by atoms with E-state index in [0.717, 1.165) is 12.8 Å². The summed E-state index contributed by atoms with van der Waals surface area (Å²) in [5.41, 5.74) is 0. The van der Waals surface area contributed by atoms with Crippen LogP contribution in [0.25, 0.3) is 0 Å². The molecule has 17 unspecified atom stereocenters. The van der Waals surface area contributed by atoms with Crippen molar-refractivity contribution in [2.45, 2.75) is 151 Å². The molecule has 4 aliphatic carbocycles. The Kier molecular flexibility index (Phi) is 9.50. The van der Waals surface area contributed by atoms with Crippen molar-refractivity contribution in [1.82, 2.24) is 42.5 Å². The Morgan fingerprint density at radius 2 is 0.644 bits per heavy atom. The summed E-state index contributed by atoms with van der Waals surface area (Å²) in [5.74, 6) is 3.34. The van der Waals surface area contributed by atoms with Gasteiger partial charge in [0.2, 0.25) is 0 Å². The molecule has 0 aromatic rings. The van der Waals surface area contributed by atoms with Gasteiger partial charge in [0.05, 0.1) is 64.7 Å². The van der Waals surface area contributed by atoms with Crippen LogP contribution < -0.4 is 72.1 Å². The summed E-state index contributed by atoms with van der Waals surface area (Å²) in [6, 6.07) is 0. The van der Waals surface area contributed by atoms with Gasteiger partial charge in [0, 0.05) is 5.92 Å². The van der Waals surface area contributed by atoms with Gasteiger partial charge in [-0.05, 0) is 92.8 Å². The smallest absolute Gasteiger partial charge is 0.748 e. The molecule has 45 heavy (non-hydrogen) atoms. The van der Waals surface area contributed by atoms with Crippen LogP contribution in [0.2, 0.25) is 0 Å². The molecule has 9 aliphatic rings. The van der Waals surface area contributed by atoms with E-state index in [0.29, 0.717) is 48.1 Å². The molecule has 9 fully saturated rings. The van der Waals surface area contributed by atoms with Crippen molar-refractivity contribution in [3.8, 4) is 0 Å². The Balaban J connectivity index is 0.00000300. The third-order valence-corrected chi connectivity index (χ3v) is 15.5. The normalized spacial score (nSPS) is 54.3. The summed E-state index contributed by atoms with van der Waals surface area (Å²) in [5, 5.41) is 31.5. The summed E-state index contributed by atoms with van der Waals surface area (Å²) in [6.45, 7) is 0. The molecule has 4 saturated carbocycles. The molecule has 8 bridgehead atoms. The van der Waals surface area contributed by atoms with Crippen molar-refractivity contribution in [3.63, 3.8) is 0 Å². The van der Waals surface area contributed by atoms with Gasteiger partial charge in [0.15, 0.2) is 0 Å². The van der Waals surface area contributed by atoms with Crippen molar-refractivity contribution in [2.75, 3.05) is 0 Å². The summed E-state index contributed by atoms with van der Waals surface area (Å²) >= 11 is 0.